The molecule has 1 atom stereocenters. The molecule has 3 N–H and O–H groups in total. The van der Waals surface area contributed by atoms with E-state index < -0.39 is 0 Å². The Labute approximate surface area is 147 Å². The van der Waals surface area contributed by atoms with Gasteiger partial charge in [0.05, 0.1) is 0 Å². The van der Waals surface area contributed by atoms with Crippen LogP contribution in [0.15, 0.2) is 48.5 Å². The molecule has 0 aliphatic heterocycles. The fraction of sp³-hybridized carbons (Fsp3) is 0.278. The number of benzene rings is 2. The van der Waals surface area contributed by atoms with Crippen molar-refractivity contribution in [2.45, 2.75) is 19.4 Å². The highest BCUT2D eigenvalue weighted by Crippen LogP contribution is 2.20. The van der Waals surface area contributed by atoms with Gasteiger partial charge >= 0.3 is 0 Å². The maximum Gasteiger partial charge on any atom is 0.275 e. The van der Waals surface area contributed by atoms with E-state index in [9.17, 15) is 4.79 Å². The smallest absolute Gasteiger partial charge is 0.275 e. The van der Waals surface area contributed by atoms with Crippen molar-refractivity contribution in [3.05, 3.63) is 69.7 Å². The highest BCUT2D eigenvalue weighted by Gasteiger charge is 2.11. The lowest BCUT2D eigenvalue weighted by Gasteiger charge is -2.11. The fourth-order valence-electron chi connectivity index (χ4n) is 2.31. The average Bonchev–Trinajstić information content (AvgIpc) is 2.55. The number of hydrogen-bond donors (Lipinski definition) is 2. The lowest BCUT2D eigenvalue weighted by atomic mass is 10.1. The van der Waals surface area contributed by atoms with Crippen molar-refractivity contribution in [2.75, 3.05) is 13.1 Å². The molecule has 2 rings (SSSR count). The Morgan fingerprint density at radius 1 is 1.17 bits per heavy atom. The molecule has 0 aliphatic carbocycles. The fourth-order valence-corrected chi connectivity index (χ4v) is 2.81. The molecule has 0 fully saturated rings. The topological polar surface area (TPSA) is 45.7 Å². The first-order chi connectivity index (χ1) is 11.1. The zero-order chi connectivity index (χ0) is 16.7. The molecule has 0 unspecified atom stereocenters. The number of quaternary nitrogens is 1. The molecule has 0 bridgehead atoms. The van der Waals surface area contributed by atoms with Crippen LogP contribution in [0.25, 0.3) is 0 Å². The third kappa shape index (κ3) is 5.87. The Hall–Kier alpha value is -1.55. The van der Waals surface area contributed by atoms with Crippen LogP contribution in [-0.4, -0.2) is 19.0 Å². The van der Waals surface area contributed by atoms with Crippen LogP contribution in [0.3, 0.4) is 0 Å². The second-order valence-electron chi connectivity index (χ2n) is 5.47. The van der Waals surface area contributed by atoms with Crippen molar-refractivity contribution in [1.29, 1.82) is 0 Å². The Morgan fingerprint density at radius 2 is 1.91 bits per heavy atom. The number of halogens is 2. The standard InChI is InChI=1S/C18H20Cl2N2O/c1-13(14-5-3-2-4-6-14)22-12-18(23)21-10-9-15-7-8-16(19)11-17(15)20/h2-8,11,13,22H,9-10,12H2,1H3,(H,21,23)/p+1/t13-/m0/s1. The van der Waals surface area contributed by atoms with Crippen molar-refractivity contribution < 1.29 is 10.1 Å². The van der Waals surface area contributed by atoms with E-state index in [0.717, 1.165) is 5.56 Å². The summed E-state index contributed by atoms with van der Waals surface area (Å²) in [6.07, 6.45) is 0.690. The minimum atomic E-state index is 0.0258. The van der Waals surface area contributed by atoms with Gasteiger partial charge in [-0.05, 0) is 31.0 Å². The predicted octanol–water partition coefficient (Wildman–Crippen LogP) is 2.98. The minimum Gasteiger partial charge on any atom is -0.351 e. The molecule has 3 nitrogen and oxygen atoms in total. The van der Waals surface area contributed by atoms with Gasteiger partial charge in [-0.3, -0.25) is 4.79 Å². The second-order valence-corrected chi connectivity index (χ2v) is 6.32. The molecule has 122 valence electrons. The molecule has 23 heavy (non-hydrogen) atoms. The predicted molar refractivity (Wildman–Crippen MR) is 94.8 cm³/mol. The monoisotopic (exact) mass is 351 g/mol. The summed E-state index contributed by atoms with van der Waals surface area (Å²) in [6, 6.07) is 15.8. The molecule has 0 heterocycles. The van der Waals surface area contributed by atoms with Crippen LogP contribution >= 0.6 is 23.2 Å². The van der Waals surface area contributed by atoms with Gasteiger partial charge in [-0.15, -0.1) is 0 Å². The Bertz CT molecular complexity index is 647. The van der Waals surface area contributed by atoms with E-state index in [1.165, 1.54) is 5.56 Å². The van der Waals surface area contributed by atoms with Crippen molar-refractivity contribution >= 4 is 29.1 Å². The first-order valence-electron chi connectivity index (χ1n) is 7.65. The Balaban J connectivity index is 1.71. The third-order valence-electron chi connectivity index (χ3n) is 3.71. The first kappa shape index (κ1) is 17.8. The summed E-state index contributed by atoms with van der Waals surface area (Å²) in [7, 11) is 0. The van der Waals surface area contributed by atoms with Gasteiger partial charge in [0.25, 0.3) is 5.91 Å². The van der Waals surface area contributed by atoms with E-state index in [1.807, 2.05) is 29.6 Å². The quantitative estimate of drug-likeness (QED) is 0.791. The van der Waals surface area contributed by atoms with Crippen LogP contribution in [0.2, 0.25) is 10.0 Å². The number of hydrogen-bond acceptors (Lipinski definition) is 1. The van der Waals surface area contributed by atoms with Gasteiger partial charge in [0.2, 0.25) is 0 Å². The number of nitrogens with two attached hydrogens (primary N) is 1. The van der Waals surface area contributed by atoms with Crippen LogP contribution in [0.4, 0.5) is 0 Å². The van der Waals surface area contributed by atoms with Crippen LogP contribution in [0.5, 0.6) is 0 Å². The molecule has 0 aliphatic rings. The van der Waals surface area contributed by atoms with Gasteiger partial charge in [-0.25, -0.2) is 0 Å². The van der Waals surface area contributed by atoms with Crippen LogP contribution < -0.4 is 10.6 Å². The highest BCUT2D eigenvalue weighted by atomic mass is 35.5. The SMILES string of the molecule is C[C@H]([NH2+]CC(=O)NCCc1ccc(Cl)cc1Cl)c1ccccc1. The molecule has 5 heteroatoms. The molecule has 0 aromatic heterocycles. The van der Waals surface area contributed by atoms with Gasteiger partial charge in [0, 0.05) is 22.2 Å². The van der Waals surface area contributed by atoms with Gasteiger partial charge in [0.15, 0.2) is 6.54 Å². The number of nitrogens with one attached hydrogen (secondary N) is 1. The average molecular weight is 352 g/mol. The Morgan fingerprint density at radius 3 is 2.61 bits per heavy atom. The van der Waals surface area contributed by atoms with Crippen molar-refractivity contribution in [3.63, 3.8) is 0 Å². The molecule has 2 aromatic carbocycles. The maximum atomic E-state index is 11.9. The molecule has 0 saturated heterocycles. The summed E-state index contributed by atoms with van der Waals surface area (Å²) >= 11 is 12.0. The molecule has 1 amide bonds. The normalized spacial score (nSPS) is 12.0. The van der Waals surface area contributed by atoms with Crippen LogP contribution in [0, 0.1) is 0 Å². The third-order valence-corrected chi connectivity index (χ3v) is 4.30. The van der Waals surface area contributed by atoms with E-state index in [0.29, 0.717) is 29.6 Å². The number of rotatable bonds is 7. The largest absolute Gasteiger partial charge is 0.351 e. The molecule has 0 spiro atoms. The summed E-state index contributed by atoms with van der Waals surface area (Å²) in [5.74, 6) is 0.0258. The second kappa shape index (κ2) is 8.92. The summed E-state index contributed by atoms with van der Waals surface area (Å²) in [6.45, 7) is 3.06. The van der Waals surface area contributed by atoms with E-state index in [4.69, 9.17) is 23.2 Å². The lowest BCUT2D eigenvalue weighted by molar-refractivity contribution is -0.682. The number of carbonyl (C=O) groups is 1. The molecular weight excluding hydrogens is 331 g/mol. The first-order valence-corrected chi connectivity index (χ1v) is 8.41. The minimum absolute atomic E-state index is 0.0258. The van der Waals surface area contributed by atoms with Crippen LogP contribution in [-0.2, 0) is 11.2 Å². The number of carbonyl (C=O) groups excluding carboxylic acids is 1. The Kier molecular flexibility index (Phi) is 6.90. The van der Waals surface area contributed by atoms with E-state index in [-0.39, 0.29) is 11.9 Å². The van der Waals surface area contributed by atoms with Crippen molar-refractivity contribution in [3.8, 4) is 0 Å². The summed E-state index contributed by atoms with van der Waals surface area (Å²) in [5, 5.41) is 6.20. The summed E-state index contributed by atoms with van der Waals surface area (Å²) in [4.78, 5) is 11.9. The van der Waals surface area contributed by atoms with Gasteiger partial charge in [-0.1, -0.05) is 59.6 Å². The highest BCUT2D eigenvalue weighted by molar-refractivity contribution is 6.35. The molecule has 2 aromatic rings. The zero-order valence-electron chi connectivity index (χ0n) is 13.1. The summed E-state index contributed by atoms with van der Waals surface area (Å²) < 4.78 is 0. The van der Waals surface area contributed by atoms with Gasteiger partial charge < -0.3 is 10.6 Å². The zero-order valence-corrected chi connectivity index (χ0v) is 14.6. The van der Waals surface area contributed by atoms with Crippen LogP contribution in [0.1, 0.15) is 24.1 Å². The summed E-state index contributed by atoms with van der Waals surface area (Å²) in [5.41, 5.74) is 2.20. The number of amides is 1. The van der Waals surface area contributed by atoms with Crippen molar-refractivity contribution in [1.82, 2.24) is 5.32 Å². The van der Waals surface area contributed by atoms with E-state index in [2.05, 4.69) is 24.4 Å². The van der Waals surface area contributed by atoms with Gasteiger partial charge in [0.1, 0.15) is 6.04 Å². The van der Waals surface area contributed by atoms with E-state index >= 15 is 0 Å². The van der Waals surface area contributed by atoms with Gasteiger partial charge in [-0.2, -0.15) is 0 Å². The molecular formula is C18H21Cl2N2O+. The maximum absolute atomic E-state index is 11.9. The van der Waals surface area contributed by atoms with E-state index in [1.54, 1.807) is 12.1 Å². The molecule has 0 radical (unpaired) electrons. The van der Waals surface area contributed by atoms with Crippen molar-refractivity contribution in [2.24, 2.45) is 0 Å². The molecule has 0 saturated carbocycles. The lowest BCUT2D eigenvalue weighted by Crippen LogP contribution is -2.87.